The highest BCUT2D eigenvalue weighted by molar-refractivity contribution is 7.88. The zero-order chi connectivity index (χ0) is 12.4. The van der Waals surface area contributed by atoms with Crippen molar-refractivity contribution < 1.29 is 8.42 Å². The molecule has 0 aromatic carbocycles. The van der Waals surface area contributed by atoms with Crippen LogP contribution in [0.15, 0.2) is 0 Å². The van der Waals surface area contributed by atoms with Crippen LogP contribution in [0, 0.1) is 17.3 Å². The summed E-state index contributed by atoms with van der Waals surface area (Å²) in [5, 5.41) is 0. The van der Waals surface area contributed by atoms with Gasteiger partial charge in [0.1, 0.15) is 0 Å². The molecule has 16 heavy (non-hydrogen) atoms. The highest BCUT2D eigenvalue weighted by Crippen LogP contribution is 2.46. The fraction of sp³-hybridized carbons (Fsp3) is 1.00. The Morgan fingerprint density at radius 2 is 1.81 bits per heavy atom. The number of hydrogen-bond acceptors (Lipinski definition) is 3. The Labute approximate surface area is 99.0 Å². The third kappa shape index (κ3) is 3.71. The van der Waals surface area contributed by atoms with Crippen LogP contribution in [0.2, 0.25) is 0 Å². The van der Waals surface area contributed by atoms with Gasteiger partial charge in [-0.25, -0.2) is 13.1 Å². The maximum absolute atomic E-state index is 11.0. The summed E-state index contributed by atoms with van der Waals surface area (Å²) in [6.07, 6.45) is 4.29. The Hall–Kier alpha value is -0.130. The third-order valence-electron chi connectivity index (χ3n) is 3.93. The molecule has 0 aliphatic heterocycles. The minimum Gasteiger partial charge on any atom is -0.330 e. The molecule has 1 aliphatic carbocycles. The largest absolute Gasteiger partial charge is 0.330 e. The van der Waals surface area contributed by atoms with Gasteiger partial charge in [0.25, 0.3) is 0 Å². The second-order valence-electron chi connectivity index (χ2n) is 5.48. The molecule has 0 spiro atoms. The van der Waals surface area contributed by atoms with Crippen molar-refractivity contribution >= 4 is 10.0 Å². The average Bonchev–Trinajstić information content (AvgIpc) is 2.41. The van der Waals surface area contributed by atoms with Gasteiger partial charge in [0, 0.05) is 6.54 Å². The molecule has 1 aliphatic rings. The Bertz CT molecular complexity index is 317. The molecule has 0 heterocycles. The predicted molar refractivity (Wildman–Crippen MR) is 66.5 cm³/mol. The molecule has 0 unspecified atom stereocenters. The van der Waals surface area contributed by atoms with Crippen LogP contribution in [0.4, 0.5) is 0 Å². The van der Waals surface area contributed by atoms with Crippen molar-refractivity contribution in [1.82, 2.24) is 4.72 Å². The molecule has 4 nitrogen and oxygen atoms in total. The molecule has 1 saturated carbocycles. The van der Waals surface area contributed by atoms with Gasteiger partial charge in [-0.2, -0.15) is 0 Å². The van der Waals surface area contributed by atoms with E-state index in [1.807, 2.05) is 0 Å². The van der Waals surface area contributed by atoms with Gasteiger partial charge in [-0.3, -0.25) is 0 Å². The van der Waals surface area contributed by atoms with E-state index in [0.717, 1.165) is 19.3 Å². The topological polar surface area (TPSA) is 72.2 Å². The summed E-state index contributed by atoms with van der Waals surface area (Å²) in [5.41, 5.74) is 6.02. The van der Waals surface area contributed by atoms with Crippen molar-refractivity contribution in [2.24, 2.45) is 23.0 Å². The van der Waals surface area contributed by atoms with Gasteiger partial charge in [0.15, 0.2) is 0 Å². The lowest BCUT2D eigenvalue weighted by Crippen LogP contribution is -2.33. The standard InChI is InChI=1S/C11H24N2O2S/c1-9-6-11(8-12,7-10(9)2)4-5-13-16(3,14)15/h9-10,13H,4-8,12H2,1-3H3/t9-,10+,11-. The Morgan fingerprint density at radius 1 is 1.31 bits per heavy atom. The molecule has 0 bridgehead atoms. The van der Waals surface area contributed by atoms with E-state index in [4.69, 9.17) is 5.73 Å². The van der Waals surface area contributed by atoms with Crippen molar-refractivity contribution in [3.8, 4) is 0 Å². The van der Waals surface area contributed by atoms with E-state index in [2.05, 4.69) is 18.6 Å². The lowest BCUT2D eigenvalue weighted by Gasteiger charge is -2.27. The van der Waals surface area contributed by atoms with E-state index in [9.17, 15) is 8.42 Å². The van der Waals surface area contributed by atoms with E-state index in [0.29, 0.717) is 24.9 Å². The first kappa shape index (κ1) is 13.9. The Kier molecular flexibility index (Phi) is 4.37. The first-order valence-corrected chi connectivity index (χ1v) is 7.82. The summed E-state index contributed by atoms with van der Waals surface area (Å²) in [4.78, 5) is 0. The molecule has 0 aromatic heterocycles. The van der Waals surface area contributed by atoms with Gasteiger partial charge >= 0.3 is 0 Å². The minimum atomic E-state index is -3.07. The number of nitrogens with one attached hydrogen (secondary N) is 1. The molecule has 0 aromatic rings. The van der Waals surface area contributed by atoms with Crippen molar-refractivity contribution in [1.29, 1.82) is 0 Å². The molecule has 1 rings (SSSR count). The molecular weight excluding hydrogens is 224 g/mol. The molecule has 3 N–H and O–H groups in total. The van der Waals surface area contributed by atoms with E-state index < -0.39 is 10.0 Å². The van der Waals surface area contributed by atoms with Gasteiger partial charge in [0.2, 0.25) is 10.0 Å². The second kappa shape index (κ2) is 5.02. The first-order valence-electron chi connectivity index (χ1n) is 5.93. The lowest BCUT2D eigenvalue weighted by molar-refractivity contribution is 0.271. The Balaban J connectivity index is 2.50. The first-order chi connectivity index (χ1) is 7.28. The molecule has 1 fully saturated rings. The summed E-state index contributed by atoms with van der Waals surface area (Å²) in [5.74, 6) is 1.39. The fourth-order valence-corrected chi connectivity index (χ4v) is 3.30. The maximum Gasteiger partial charge on any atom is 0.208 e. The molecule has 0 amide bonds. The highest BCUT2D eigenvalue weighted by atomic mass is 32.2. The Morgan fingerprint density at radius 3 is 2.19 bits per heavy atom. The molecule has 5 heteroatoms. The summed E-state index contributed by atoms with van der Waals surface area (Å²) in [7, 11) is -3.07. The predicted octanol–water partition coefficient (Wildman–Crippen LogP) is 0.937. The highest BCUT2D eigenvalue weighted by Gasteiger charge is 2.40. The van der Waals surface area contributed by atoms with Gasteiger partial charge in [0.05, 0.1) is 6.26 Å². The quantitative estimate of drug-likeness (QED) is 0.760. The van der Waals surface area contributed by atoms with Crippen LogP contribution in [0.5, 0.6) is 0 Å². The monoisotopic (exact) mass is 248 g/mol. The SMILES string of the molecule is C[C@@H]1C[C@](CN)(CCNS(C)(=O)=O)C[C@@H]1C. The van der Waals surface area contributed by atoms with Crippen LogP contribution >= 0.6 is 0 Å². The van der Waals surface area contributed by atoms with Gasteiger partial charge in [-0.05, 0) is 43.1 Å². The van der Waals surface area contributed by atoms with E-state index in [1.165, 1.54) is 6.26 Å². The molecule has 0 saturated heterocycles. The zero-order valence-corrected chi connectivity index (χ0v) is 11.3. The summed E-state index contributed by atoms with van der Waals surface area (Å²) in [6, 6.07) is 0. The van der Waals surface area contributed by atoms with Crippen molar-refractivity contribution in [2.45, 2.75) is 33.1 Å². The van der Waals surface area contributed by atoms with E-state index in [1.54, 1.807) is 0 Å². The lowest BCUT2D eigenvalue weighted by atomic mass is 9.82. The maximum atomic E-state index is 11.0. The normalized spacial score (nSPS) is 35.5. The van der Waals surface area contributed by atoms with Crippen LogP contribution in [0.3, 0.4) is 0 Å². The number of rotatable bonds is 5. The summed E-state index contributed by atoms with van der Waals surface area (Å²) >= 11 is 0. The van der Waals surface area contributed by atoms with Crippen molar-refractivity contribution in [3.63, 3.8) is 0 Å². The number of hydrogen-bond donors (Lipinski definition) is 2. The van der Waals surface area contributed by atoms with Crippen LogP contribution < -0.4 is 10.5 Å². The molecule has 96 valence electrons. The molecular formula is C11H24N2O2S. The van der Waals surface area contributed by atoms with Crippen LogP contribution in [0.25, 0.3) is 0 Å². The van der Waals surface area contributed by atoms with E-state index >= 15 is 0 Å². The number of nitrogens with two attached hydrogens (primary N) is 1. The van der Waals surface area contributed by atoms with Crippen LogP contribution in [0.1, 0.15) is 33.1 Å². The van der Waals surface area contributed by atoms with Crippen LogP contribution in [-0.2, 0) is 10.0 Å². The summed E-state index contributed by atoms with van der Waals surface area (Å²) in [6.45, 7) is 5.68. The molecule has 3 atom stereocenters. The molecule has 0 radical (unpaired) electrons. The second-order valence-corrected chi connectivity index (χ2v) is 7.32. The zero-order valence-electron chi connectivity index (χ0n) is 10.5. The third-order valence-corrected chi connectivity index (χ3v) is 4.66. The smallest absolute Gasteiger partial charge is 0.208 e. The van der Waals surface area contributed by atoms with Crippen molar-refractivity contribution in [3.05, 3.63) is 0 Å². The van der Waals surface area contributed by atoms with Gasteiger partial charge in [-0.1, -0.05) is 13.8 Å². The van der Waals surface area contributed by atoms with E-state index in [-0.39, 0.29) is 5.41 Å². The van der Waals surface area contributed by atoms with Gasteiger partial charge in [-0.15, -0.1) is 0 Å². The van der Waals surface area contributed by atoms with Gasteiger partial charge < -0.3 is 5.73 Å². The van der Waals surface area contributed by atoms with Crippen LogP contribution in [-0.4, -0.2) is 27.8 Å². The van der Waals surface area contributed by atoms with Crippen molar-refractivity contribution in [2.75, 3.05) is 19.3 Å². The minimum absolute atomic E-state index is 0.149. The number of sulfonamides is 1. The fourth-order valence-electron chi connectivity index (χ4n) is 2.83. The average molecular weight is 248 g/mol. The summed E-state index contributed by atoms with van der Waals surface area (Å²) < 4.78 is 24.5.